The molecule has 6 heteroatoms. The van der Waals surface area contributed by atoms with Crippen LogP contribution in [0.2, 0.25) is 0 Å². The minimum Gasteiger partial charge on any atom is -0.497 e. The minimum atomic E-state index is -0.206. The smallest absolute Gasteiger partial charge is 0.246 e. The predicted molar refractivity (Wildman–Crippen MR) is 113 cm³/mol. The molecule has 0 radical (unpaired) electrons. The number of hydrogen-bond donors (Lipinski definition) is 2. The Morgan fingerprint density at radius 3 is 2.64 bits per heavy atom. The number of amides is 1. The van der Waals surface area contributed by atoms with Crippen molar-refractivity contribution in [1.29, 1.82) is 0 Å². The molecule has 0 saturated carbocycles. The number of benzene rings is 2. The van der Waals surface area contributed by atoms with Crippen LogP contribution in [0.4, 0.5) is 5.69 Å². The van der Waals surface area contributed by atoms with Gasteiger partial charge in [0.25, 0.3) is 0 Å². The third-order valence-electron chi connectivity index (χ3n) is 3.96. The van der Waals surface area contributed by atoms with E-state index in [1.54, 1.807) is 25.3 Å². The first-order valence-electron chi connectivity index (χ1n) is 9.04. The first kappa shape index (κ1) is 20.8. The number of hydrogen-bond acceptors (Lipinski definition) is 3. The zero-order valence-electron chi connectivity index (χ0n) is 16.5. The fourth-order valence-corrected chi connectivity index (χ4v) is 2.58. The van der Waals surface area contributed by atoms with E-state index in [-0.39, 0.29) is 12.5 Å². The number of nitrogens with zero attached hydrogens (tertiary/aromatic N) is 2. The van der Waals surface area contributed by atoms with Crippen molar-refractivity contribution in [2.24, 2.45) is 4.99 Å². The average molecular weight is 378 g/mol. The van der Waals surface area contributed by atoms with Crippen LogP contribution < -0.4 is 15.4 Å². The van der Waals surface area contributed by atoms with Crippen LogP contribution >= 0.6 is 0 Å². The Labute approximate surface area is 166 Å². The second-order valence-electron chi connectivity index (χ2n) is 6.15. The topological polar surface area (TPSA) is 66.0 Å². The maximum Gasteiger partial charge on any atom is 0.246 e. The molecule has 146 valence electrons. The fraction of sp³-hybridized carbons (Fsp3) is 0.273. The number of methoxy groups -OCH3 is 1. The maximum atomic E-state index is 12.2. The van der Waals surface area contributed by atoms with Gasteiger partial charge >= 0.3 is 0 Å². The molecular weight excluding hydrogens is 352 g/mol. The number of guanidine groups is 1. The Bertz CT molecular complexity index is 854. The molecule has 2 aromatic carbocycles. The number of ether oxygens (including phenoxy) is 1. The van der Waals surface area contributed by atoms with Crippen molar-refractivity contribution >= 4 is 17.6 Å². The average Bonchev–Trinajstić information content (AvgIpc) is 2.71. The second kappa shape index (κ2) is 10.6. The Balaban J connectivity index is 1.99. The molecule has 6 nitrogen and oxygen atoms in total. The van der Waals surface area contributed by atoms with Crippen molar-refractivity contribution in [3.63, 3.8) is 0 Å². The number of terminal acetylenes is 1. The molecule has 28 heavy (non-hydrogen) atoms. The first-order chi connectivity index (χ1) is 13.5. The van der Waals surface area contributed by atoms with E-state index >= 15 is 0 Å². The molecule has 0 spiro atoms. The van der Waals surface area contributed by atoms with E-state index in [0.29, 0.717) is 30.3 Å². The molecule has 0 saturated heterocycles. The number of carbonyl (C=O) groups is 1. The molecule has 0 aromatic heterocycles. The predicted octanol–water partition coefficient (Wildman–Crippen LogP) is 2.71. The molecular formula is C22H26N4O2. The van der Waals surface area contributed by atoms with Gasteiger partial charge in [0.1, 0.15) is 12.3 Å². The fourth-order valence-electron chi connectivity index (χ4n) is 2.58. The van der Waals surface area contributed by atoms with E-state index in [1.165, 1.54) is 0 Å². The highest BCUT2D eigenvalue weighted by Crippen LogP contribution is 2.13. The monoisotopic (exact) mass is 378 g/mol. The molecule has 0 heterocycles. The summed E-state index contributed by atoms with van der Waals surface area (Å²) < 4.78 is 5.18. The highest BCUT2D eigenvalue weighted by Gasteiger charge is 2.09. The number of carbonyl (C=O) groups excluding carboxylic acids is 1. The van der Waals surface area contributed by atoms with E-state index in [0.717, 1.165) is 11.3 Å². The van der Waals surface area contributed by atoms with E-state index in [9.17, 15) is 4.79 Å². The Morgan fingerprint density at radius 2 is 2.00 bits per heavy atom. The lowest BCUT2D eigenvalue weighted by molar-refractivity contribution is -0.114. The standard InChI is InChI=1S/C22H26N4O2/c1-5-17-8-7-9-19(14-17)25-21(27)15-24-22(23-6-2)26(3)16-18-10-12-20(28-4)13-11-18/h1,7-14H,6,15-16H2,2-4H3,(H,23,24)(H,25,27). The molecule has 1 amide bonds. The van der Waals surface area contributed by atoms with Crippen molar-refractivity contribution in [2.75, 3.05) is 32.6 Å². The van der Waals surface area contributed by atoms with Gasteiger partial charge in [0.2, 0.25) is 5.91 Å². The van der Waals surface area contributed by atoms with Gasteiger partial charge < -0.3 is 20.3 Å². The summed E-state index contributed by atoms with van der Waals surface area (Å²) in [6.45, 7) is 3.36. The summed E-state index contributed by atoms with van der Waals surface area (Å²) in [6.07, 6.45) is 5.39. The Hall–Kier alpha value is -3.46. The van der Waals surface area contributed by atoms with Crippen LogP contribution in [0.3, 0.4) is 0 Å². The largest absolute Gasteiger partial charge is 0.497 e. The summed E-state index contributed by atoms with van der Waals surface area (Å²) >= 11 is 0. The van der Waals surface area contributed by atoms with Crippen LogP contribution in [0.25, 0.3) is 0 Å². The maximum absolute atomic E-state index is 12.2. The third-order valence-corrected chi connectivity index (χ3v) is 3.96. The van der Waals surface area contributed by atoms with Crippen molar-refractivity contribution < 1.29 is 9.53 Å². The Morgan fingerprint density at radius 1 is 1.25 bits per heavy atom. The number of nitrogens with one attached hydrogen (secondary N) is 2. The van der Waals surface area contributed by atoms with Crippen molar-refractivity contribution in [3.8, 4) is 18.1 Å². The molecule has 0 fully saturated rings. The van der Waals surface area contributed by atoms with Crippen molar-refractivity contribution in [1.82, 2.24) is 10.2 Å². The molecule has 2 N–H and O–H groups in total. The number of aliphatic imine (C=N–C) groups is 1. The van der Waals surface area contributed by atoms with Crippen LogP contribution in [0.1, 0.15) is 18.1 Å². The van der Waals surface area contributed by atoms with Gasteiger partial charge in [-0.3, -0.25) is 4.79 Å². The quantitative estimate of drug-likeness (QED) is 0.442. The van der Waals surface area contributed by atoms with Crippen LogP contribution in [-0.4, -0.2) is 44.0 Å². The lowest BCUT2D eigenvalue weighted by Gasteiger charge is -2.22. The lowest BCUT2D eigenvalue weighted by atomic mass is 10.2. The summed E-state index contributed by atoms with van der Waals surface area (Å²) in [5.74, 6) is 3.82. The molecule has 0 bridgehead atoms. The first-order valence-corrected chi connectivity index (χ1v) is 9.04. The summed E-state index contributed by atoms with van der Waals surface area (Å²) in [4.78, 5) is 18.6. The molecule has 0 aliphatic carbocycles. The van der Waals surface area contributed by atoms with Crippen LogP contribution in [0.5, 0.6) is 5.75 Å². The van der Waals surface area contributed by atoms with E-state index in [2.05, 4.69) is 21.5 Å². The molecule has 2 aromatic rings. The molecule has 2 rings (SSSR count). The minimum absolute atomic E-state index is 0.00949. The molecule has 0 aliphatic heterocycles. The summed E-state index contributed by atoms with van der Waals surface area (Å²) in [5, 5.41) is 6.02. The highest BCUT2D eigenvalue weighted by molar-refractivity contribution is 5.94. The lowest BCUT2D eigenvalue weighted by Crippen LogP contribution is -2.39. The number of rotatable bonds is 7. The summed E-state index contributed by atoms with van der Waals surface area (Å²) in [7, 11) is 3.57. The summed E-state index contributed by atoms with van der Waals surface area (Å²) in [6, 6.07) is 15.0. The van der Waals surface area contributed by atoms with Crippen LogP contribution in [0.15, 0.2) is 53.5 Å². The Kier molecular flexibility index (Phi) is 7.92. The SMILES string of the molecule is C#Cc1cccc(NC(=O)CN=C(NCC)N(C)Cc2ccc(OC)cc2)c1. The summed E-state index contributed by atoms with van der Waals surface area (Å²) in [5.41, 5.74) is 2.49. The zero-order valence-corrected chi connectivity index (χ0v) is 16.5. The van der Waals surface area contributed by atoms with Crippen molar-refractivity contribution in [2.45, 2.75) is 13.5 Å². The van der Waals surface area contributed by atoms with Gasteiger partial charge in [0.05, 0.1) is 7.11 Å². The van der Waals surface area contributed by atoms with Gasteiger partial charge in [-0.1, -0.05) is 24.1 Å². The third kappa shape index (κ3) is 6.36. The second-order valence-corrected chi connectivity index (χ2v) is 6.15. The van der Waals surface area contributed by atoms with E-state index in [4.69, 9.17) is 11.2 Å². The van der Waals surface area contributed by atoms with Gasteiger partial charge in [0.15, 0.2) is 5.96 Å². The van der Waals surface area contributed by atoms with Crippen LogP contribution in [0, 0.1) is 12.3 Å². The van der Waals surface area contributed by atoms with Crippen molar-refractivity contribution in [3.05, 3.63) is 59.7 Å². The van der Waals surface area contributed by atoms with Gasteiger partial charge in [-0.25, -0.2) is 4.99 Å². The van der Waals surface area contributed by atoms with Gasteiger partial charge in [-0.15, -0.1) is 6.42 Å². The molecule has 0 aliphatic rings. The van der Waals surface area contributed by atoms with E-state index in [1.807, 2.05) is 49.2 Å². The normalized spacial score (nSPS) is 10.7. The number of anilines is 1. The molecule has 0 unspecified atom stereocenters. The van der Waals surface area contributed by atoms with Gasteiger partial charge in [0, 0.05) is 31.4 Å². The van der Waals surface area contributed by atoms with Crippen LogP contribution in [-0.2, 0) is 11.3 Å². The molecule has 0 atom stereocenters. The highest BCUT2D eigenvalue weighted by atomic mass is 16.5. The van der Waals surface area contributed by atoms with E-state index < -0.39 is 0 Å². The van der Waals surface area contributed by atoms with Gasteiger partial charge in [-0.2, -0.15) is 0 Å². The van der Waals surface area contributed by atoms with Gasteiger partial charge in [-0.05, 0) is 42.8 Å². The zero-order chi connectivity index (χ0) is 20.4.